The van der Waals surface area contributed by atoms with Gasteiger partial charge >= 0.3 is 5.97 Å². The molecule has 2 rings (SSSR count). The van der Waals surface area contributed by atoms with Crippen LogP contribution in [0, 0.1) is 13.8 Å². The molecule has 0 aliphatic heterocycles. The molecule has 28 heavy (non-hydrogen) atoms. The van der Waals surface area contributed by atoms with E-state index in [1.165, 1.54) is 18.4 Å². The fourth-order valence-corrected chi connectivity index (χ4v) is 3.32. The molecule has 5 heteroatoms. The molecular weight excluding hydrogens is 354 g/mol. The van der Waals surface area contributed by atoms with Crippen molar-refractivity contribution < 1.29 is 19.1 Å². The van der Waals surface area contributed by atoms with Crippen molar-refractivity contribution in [2.75, 3.05) is 26.3 Å². The van der Waals surface area contributed by atoms with Crippen LogP contribution in [0.5, 0.6) is 5.75 Å². The van der Waals surface area contributed by atoms with E-state index in [-0.39, 0.29) is 24.9 Å². The van der Waals surface area contributed by atoms with E-state index in [9.17, 15) is 9.59 Å². The molecule has 0 bridgehead atoms. The van der Waals surface area contributed by atoms with Gasteiger partial charge in [0.2, 0.25) is 0 Å². The number of carbonyl (C=O) groups is 2. The Kier molecular flexibility index (Phi) is 9.05. The van der Waals surface area contributed by atoms with Gasteiger partial charge in [0.25, 0.3) is 5.91 Å². The van der Waals surface area contributed by atoms with Crippen LogP contribution in [0.2, 0.25) is 0 Å². The normalized spacial score (nSPS) is 13.6. The predicted octanol–water partition coefficient (Wildman–Crippen LogP) is 4.35. The molecule has 0 aromatic heterocycles. The van der Waals surface area contributed by atoms with Gasteiger partial charge in [-0.3, -0.25) is 9.59 Å². The first-order chi connectivity index (χ1) is 13.5. The van der Waals surface area contributed by atoms with Gasteiger partial charge in [0.1, 0.15) is 5.75 Å². The predicted molar refractivity (Wildman–Crippen MR) is 110 cm³/mol. The number of esters is 1. The van der Waals surface area contributed by atoms with Crippen LogP contribution < -0.4 is 4.74 Å². The van der Waals surface area contributed by atoms with Crippen molar-refractivity contribution in [1.29, 1.82) is 0 Å². The molecule has 1 aliphatic rings. The van der Waals surface area contributed by atoms with E-state index in [1.54, 1.807) is 11.8 Å². The summed E-state index contributed by atoms with van der Waals surface area (Å²) >= 11 is 0. The summed E-state index contributed by atoms with van der Waals surface area (Å²) in [5.41, 5.74) is 3.51. The van der Waals surface area contributed by atoms with Crippen molar-refractivity contribution in [2.24, 2.45) is 0 Å². The second kappa shape index (κ2) is 11.5. The maximum absolute atomic E-state index is 12.8. The van der Waals surface area contributed by atoms with Gasteiger partial charge in [-0.05, 0) is 70.1 Å². The van der Waals surface area contributed by atoms with Gasteiger partial charge in [-0.25, -0.2) is 0 Å². The Morgan fingerprint density at radius 2 is 1.96 bits per heavy atom. The summed E-state index contributed by atoms with van der Waals surface area (Å²) in [6.07, 6.45) is 8.07. The first-order valence-corrected chi connectivity index (χ1v) is 10.3. The third-order valence-electron chi connectivity index (χ3n) is 5.03. The molecule has 0 spiro atoms. The fourth-order valence-electron chi connectivity index (χ4n) is 3.32. The highest BCUT2D eigenvalue weighted by atomic mass is 16.5. The minimum atomic E-state index is -0.271. The number of ether oxygens (including phenoxy) is 2. The Balaban J connectivity index is 1.94. The molecule has 0 heterocycles. The van der Waals surface area contributed by atoms with Gasteiger partial charge in [0.05, 0.1) is 13.0 Å². The van der Waals surface area contributed by atoms with E-state index in [4.69, 9.17) is 9.47 Å². The van der Waals surface area contributed by atoms with Crippen molar-refractivity contribution >= 4 is 11.9 Å². The van der Waals surface area contributed by atoms with Crippen molar-refractivity contribution in [3.8, 4) is 5.75 Å². The summed E-state index contributed by atoms with van der Waals surface area (Å²) < 4.78 is 10.8. The van der Waals surface area contributed by atoms with E-state index >= 15 is 0 Å². The zero-order valence-electron chi connectivity index (χ0n) is 17.5. The number of rotatable bonds is 10. The molecule has 1 aromatic rings. The number of amides is 1. The quantitative estimate of drug-likeness (QED) is 0.442. The average molecular weight is 388 g/mol. The zero-order chi connectivity index (χ0) is 20.4. The molecule has 5 nitrogen and oxygen atoms in total. The number of benzene rings is 1. The number of hydrogen-bond acceptors (Lipinski definition) is 4. The van der Waals surface area contributed by atoms with Crippen LogP contribution in [0.15, 0.2) is 29.8 Å². The molecular formula is C23H33NO4. The zero-order valence-corrected chi connectivity index (χ0v) is 17.5. The Labute approximate surface area is 168 Å². The molecule has 0 unspecified atom stereocenters. The van der Waals surface area contributed by atoms with Crippen LogP contribution in [-0.4, -0.2) is 43.1 Å². The lowest BCUT2D eigenvalue weighted by Crippen LogP contribution is -2.37. The lowest BCUT2D eigenvalue weighted by Gasteiger charge is -2.24. The van der Waals surface area contributed by atoms with E-state index in [1.807, 2.05) is 32.0 Å². The van der Waals surface area contributed by atoms with Crippen molar-refractivity contribution in [2.45, 2.75) is 59.3 Å². The lowest BCUT2D eigenvalue weighted by atomic mass is 9.97. The van der Waals surface area contributed by atoms with Crippen LogP contribution in [0.25, 0.3) is 0 Å². The van der Waals surface area contributed by atoms with E-state index in [0.717, 1.165) is 36.1 Å². The largest absolute Gasteiger partial charge is 0.483 e. The number of nitrogens with zero attached hydrogens (tertiary/aromatic N) is 1. The minimum absolute atomic E-state index is 0.0217. The standard InChI is InChI=1S/C23H33NO4/c1-4-27-23(26)13-15-24(14-12-20-8-6-5-7-9-20)22(25)17-28-21-16-18(2)10-11-19(21)3/h8,10-11,16H,4-7,9,12-15,17H2,1-3H3. The Morgan fingerprint density at radius 1 is 1.14 bits per heavy atom. The summed E-state index contributed by atoms with van der Waals surface area (Å²) in [7, 11) is 0. The van der Waals surface area contributed by atoms with Gasteiger partial charge in [-0.2, -0.15) is 0 Å². The maximum Gasteiger partial charge on any atom is 0.307 e. The smallest absolute Gasteiger partial charge is 0.307 e. The topological polar surface area (TPSA) is 55.8 Å². The van der Waals surface area contributed by atoms with E-state index in [0.29, 0.717) is 19.7 Å². The van der Waals surface area contributed by atoms with E-state index in [2.05, 4.69) is 6.08 Å². The maximum atomic E-state index is 12.8. The van der Waals surface area contributed by atoms with Gasteiger partial charge in [-0.15, -0.1) is 0 Å². The Morgan fingerprint density at radius 3 is 2.68 bits per heavy atom. The molecule has 0 saturated carbocycles. The molecule has 154 valence electrons. The second-order valence-electron chi connectivity index (χ2n) is 7.35. The summed E-state index contributed by atoms with van der Waals surface area (Å²) in [4.78, 5) is 26.3. The molecule has 0 radical (unpaired) electrons. The molecule has 1 aliphatic carbocycles. The van der Waals surface area contributed by atoms with Gasteiger partial charge in [-0.1, -0.05) is 23.8 Å². The van der Waals surface area contributed by atoms with Crippen LogP contribution in [0.1, 0.15) is 56.6 Å². The van der Waals surface area contributed by atoms with Crippen LogP contribution >= 0.6 is 0 Å². The SMILES string of the molecule is CCOC(=O)CCN(CCC1=CCCCC1)C(=O)COc1cc(C)ccc1C. The average Bonchev–Trinajstić information content (AvgIpc) is 2.69. The summed E-state index contributed by atoms with van der Waals surface area (Å²) in [6, 6.07) is 5.95. The molecule has 1 amide bonds. The summed E-state index contributed by atoms with van der Waals surface area (Å²) in [6.45, 7) is 7.06. The molecule has 1 aromatic carbocycles. The van der Waals surface area contributed by atoms with Crippen LogP contribution in [-0.2, 0) is 14.3 Å². The molecule has 0 atom stereocenters. The van der Waals surface area contributed by atoms with Gasteiger partial charge < -0.3 is 14.4 Å². The molecule has 0 fully saturated rings. The van der Waals surface area contributed by atoms with Gasteiger partial charge in [0.15, 0.2) is 6.61 Å². The monoisotopic (exact) mass is 387 g/mol. The van der Waals surface area contributed by atoms with E-state index < -0.39 is 0 Å². The highest BCUT2D eigenvalue weighted by molar-refractivity contribution is 5.78. The number of aryl methyl sites for hydroxylation is 2. The first-order valence-electron chi connectivity index (χ1n) is 10.3. The highest BCUT2D eigenvalue weighted by Crippen LogP contribution is 2.21. The van der Waals surface area contributed by atoms with Crippen LogP contribution in [0.3, 0.4) is 0 Å². The second-order valence-corrected chi connectivity index (χ2v) is 7.35. The number of carbonyl (C=O) groups excluding carboxylic acids is 2. The van der Waals surface area contributed by atoms with Crippen molar-refractivity contribution in [3.05, 3.63) is 41.0 Å². The highest BCUT2D eigenvalue weighted by Gasteiger charge is 2.17. The number of hydrogen-bond donors (Lipinski definition) is 0. The van der Waals surface area contributed by atoms with Crippen molar-refractivity contribution in [3.63, 3.8) is 0 Å². The van der Waals surface area contributed by atoms with Crippen molar-refractivity contribution in [1.82, 2.24) is 4.90 Å². The first kappa shape index (κ1) is 22.0. The third-order valence-corrected chi connectivity index (χ3v) is 5.03. The van der Waals surface area contributed by atoms with Crippen LogP contribution in [0.4, 0.5) is 0 Å². The fraction of sp³-hybridized carbons (Fsp3) is 0.565. The summed E-state index contributed by atoms with van der Waals surface area (Å²) in [5, 5.41) is 0. The minimum Gasteiger partial charge on any atom is -0.483 e. The van der Waals surface area contributed by atoms with Gasteiger partial charge in [0, 0.05) is 13.1 Å². The lowest BCUT2D eigenvalue weighted by molar-refractivity contribution is -0.144. The number of allylic oxidation sites excluding steroid dienone is 1. The third kappa shape index (κ3) is 7.37. The Bertz CT molecular complexity index is 696. The summed E-state index contributed by atoms with van der Waals surface area (Å²) in [5.74, 6) is 0.364. The Hall–Kier alpha value is -2.30. The molecule has 0 saturated heterocycles. The molecule has 0 N–H and O–H groups in total.